The molecule has 0 fully saturated rings. The summed E-state index contributed by atoms with van der Waals surface area (Å²) in [5.74, 6) is 13.2. The third-order valence-corrected chi connectivity index (χ3v) is 9.79. The lowest BCUT2D eigenvalue weighted by atomic mass is 10.1. The molecule has 0 amide bonds. The van der Waals surface area contributed by atoms with Crippen LogP contribution in [0.4, 0.5) is 0 Å². The molecule has 0 spiro atoms. The molecule has 0 rings (SSSR count). The Labute approximate surface area is 248 Å². The molecule has 0 saturated heterocycles. The molecule has 0 heterocycles. The smallest absolute Gasteiger partial charge is 0.372 e. The highest BCUT2D eigenvalue weighted by Gasteiger charge is 2.51. The third-order valence-electron chi connectivity index (χ3n) is 5.44. The van der Waals surface area contributed by atoms with E-state index in [0.29, 0.717) is 6.04 Å². The van der Waals surface area contributed by atoms with Gasteiger partial charge in [-0.3, -0.25) is 0 Å². The minimum absolute atomic E-state index is 0.146. The first kappa shape index (κ1) is 38.0. The molecule has 0 aliphatic rings. The summed E-state index contributed by atoms with van der Waals surface area (Å²) in [6, 6.07) is 1.33. The molecule has 8 heteroatoms. The van der Waals surface area contributed by atoms with Crippen molar-refractivity contribution in [3.05, 3.63) is 0 Å². The standard InChI is InChI=1S/C32H48O6Si2/c1-16-28(6,7)33-27(34-29(8,9)17-2)35-39-25-23-21-22-24-26-40(36-30(10,11)18-3,37-31(12,13)19-4)38-32(14,15)20-5/h1-5,27H,21-26H2,6-15H3. The SMILES string of the molecule is C#CC(C)(C)OC(O[Si]CCCCCC[Si](OC(C)(C)C#C)(OC(C)(C)C#C)OC(C)(C)C#C)OC(C)(C)C#C. The molecule has 0 N–H and O–H groups in total. The van der Waals surface area contributed by atoms with Crippen LogP contribution in [0.1, 0.15) is 94.9 Å². The first-order chi connectivity index (χ1) is 18.2. The number of rotatable bonds is 19. The van der Waals surface area contributed by atoms with Crippen molar-refractivity contribution in [2.45, 2.75) is 141 Å². The van der Waals surface area contributed by atoms with Crippen molar-refractivity contribution in [1.29, 1.82) is 0 Å². The van der Waals surface area contributed by atoms with Gasteiger partial charge in [0.15, 0.2) is 0 Å². The van der Waals surface area contributed by atoms with Gasteiger partial charge in [0.2, 0.25) is 9.76 Å². The fraction of sp³-hybridized carbons (Fsp3) is 0.688. The molecule has 0 unspecified atom stereocenters. The minimum Gasteiger partial charge on any atom is -0.372 e. The quantitative estimate of drug-likeness (QED) is 0.0808. The maximum atomic E-state index is 6.41. The summed E-state index contributed by atoms with van der Waals surface area (Å²) < 4.78 is 36.7. The number of hydrogen-bond donors (Lipinski definition) is 0. The van der Waals surface area contributed by atoms with Gasteiger partial charge in [0.1, 0.15) is 28.0 Å². The second kappa shape index (κ2) is 15.8. The summed E-state index contributed by atoms with van der Waals surface area (Å²) in [6.07, 6.45) is 31.9. The molecule has 0 bridgehead atoms. The van der Waals surface area contributed by atoms with E-state index in [-0.39, 0.29) is 9.76 Å². The zero-order chi connectivity index (χ0) is 31.3. The van der Waals surface area contributed by atoms with E-state index < -0.39 is 43.3 Å². The minimum atomic E-state index is -3.42. The molecular weight excluding hydrogens is 537 g/mol. The summed E-state index contributed by atoms with van der Waals surface area (Å²) in [6.45, 7) is 16.9. The highest BCUT2D eigenvalue weighted by atomic mass is 28.4. The zero-order valence-electron chi connectivity index (χ0n) is 26.2. The third kappa shape index (κ3) is 15.7. The van der Waals surface area contributed by atoms with Crippen molar-refractivity contribution in [3.63, 3.8) is 0 Å². The maximum absolute atomic E-state index is 6.41. The van der Waals surface area contributed by atoms with E-state index in [1.165, 1.54) is 0 Å². The molecule has 40 heavy (non-hydrogen) atoms. The second-order valence-electron chi connectivity index (χ2n) is 12.0. The number of terminal acetylenes is 5. The lowest BCUT2D eigenvalue weighted by Crippen LogP contribution is -2.57. The highest BCUT2D eigenvalue weighted by Crippen LogP contribution is 2.33. The van der Waals surface area contributed by atoms with E-state index in [1.807, 2.05) is 0 Å². The van der Waals surface area contributed by atoms with Gasteiger partial charge in [0, 0.05) is 6.04 Å². The highest BCUT2D eigenvalue weighted by molar-refractivity contribution is 6.61. The molecule has 0 aromatic carbocycles. The lowest BCUT2D eigenvalue weighted by Gasteiger charge is -2.41. The van der Waals surface area contributed by atoms with Crippen LogP contribution < -0.4 is 0 Å². The summed E-state index contributed by atoms with van der Waals surface area (Å²) in [5, 5.41) is 0. The largest absolute Gasteiger partial charge is 0.504 e. The fourth-order valence-corrected chi connectivity index (χ4v) is 7.48. The molecule has 0 atom stereocenters. The molecule has 0 aromatic rings. The van der Waals surface area contributed by atoms with E-state index in [0.717, 1.165) is 31.7 Å². The number of ether oxygens (including phenoxy) is 2. The Balaban J connectivity index is 5.22. The Morgan fingerprint density at radius 2 is 0.900 bits per heavy atom. The van der Waals surface area contributed by atoms with Gasteiger partial charge < -0.3 is 27.2 Å². The zero-order valence-corrected chi connectivity index (χ0v) is 28.2. The average Bonchev–Trinajstić information content (AvgIpc) is 2.84. The van der Waals surface area contributed by atoms with Gasteiger partial charge in [-0.25, -0.2) is 0 Å². The molecule has 0 saturated carbocycles. The Morgan fingerprint density at radius 3 is 1.25 bits per heavy atom. The van der Waals surface area contributed by atoms with Crippen LogP contribution in [0.15, 0.2) is 0 Å². The first-order valence-corrected chi connectivity index (χ1v) is 16.5. The van der Waals surface area contributed by atoms with Crippen molar-refractivity contribution >= 4 is 18.6 Å². The van der Waals surface area contributed by atoms with Crippen LogP contribution in [0.25, 0.3) is 0 Å². The Hall–Kier alpha value is -2.01. The second-order valence-corrected chi connectivity index (χ2v) is 15.5. The van der Waals surface area contributed by atoms with Crippen molar-refractivity contribution in [2.75, 3.05) is 0 Å². The monoisotopic (exact) mass is 584 g/mol. The first-order valence-electron chi connectivity index (χ1n) is 13.4. The number of hydrogen-bond acceptors (Lipinski definition) is 6. The fourth-order valence-electron chi connectivity index (χ4n) is 3.11. The van der Waals surface area contributed by atoms with E-state index in [2.05, 4.69) is 29.6 Å². The molecule has 0 aliphatic heterocycles. The molecule has 2 radical (unpaired) electrons. The van der Waals surface area contributed by atoms with Crippen LogP contribution in [0.5, 0.6) is 0 Å². The van der Waals surface area contributed by atoms with E-state index in [1.54, 1.807) is 69.2 Å². The topological polar surface area (TPSA) is 55.4 Å². The van der Waals surface area contributed by atoms with E-state index in [4.69, 9.17) is 59.3 Å². The van der Waals surface area contributed by atoms with E-state index in [9.17, 15) is 0 Å². The molecule has 220 valence electrons. The van der Waals surface area contributed by atoms with Crippen molar-refractivity contribution in [2.24, 2.45) is 0 Å². The van der Waals surface area contributed by atoms with Crippen LogP contribution in [-0.4, -0.2) is 53.0 Å². The number of unbranched alkanes of at least 4 members (excludes halogenated alkanes) is 3. The van der Waals surface area contributed by atoms with Crippen LogP contribution in [0.2, 0.25) is 12.1 Å². The van der Waals surface area contributed by atoms with Crippen LogP contribution in [0.3, 0.4) is 0 Å². The predicted octanol–water partition coefficient (Wildman–Crippen LogP) is 5.97. The van der Waals surface area contributed by atoms with Crippen LogP contribution in [0, 0.1) is 61.7 Å². The molecule has 0 aromatic heterocycles. The van der Waals surface area contributed by atoms with Gasteiger partial charge in [-0.05, 0) is 81.7 Å². The van der Waals surface area contributed by atoms with Crippen molar-refractivity contribution in [1.82, 2.24) is 0 Å². The summed E-state index contributed by atoms with van der Waals surface area (Å²) in [5.41, 5.74) is -4.51. The summed E-state index contributed by atoms with van der Waals surface area (Å²) >= 11 is 0. The average molecular weight is 585 g/mol. The lowest BCUT2D eigenvalue weighted by molar-refractivity contribution is -0.301. The van der Waals surface area contributed by atoms with Crippen LogP contribution in [-0.2, 0) is 27.2 Å². The summed E-state index contributed by atoms with van der Waals surface area (Å²) in [4.78, 5) is 0. The maximum Gasteiger partial charge on any atom is 0.504 e. The van der Waals surface area contributed by atoms with Crippen LogP contribution >= 0.6 is 0 Å². The van der Waals surface area contributed by atoms with Crippen molar-refractivity contribution in [3.8, 4) is 61.7 Å². The predicted molar refractivity (Wildman–Crippen MR) is 164 cm³/mol. The van der Waals surface area contributed by atoms with Gasteiger partial charge >= 0.3 is 8.80 Å². The Kier molecular flexibility index (Phi) is 15.1. The normalized spacial score (nSPS) is 13.2. The van der Waals surface area contributed by atoms with Gasteiger partial charge in [-0.2, -0.15) is 0 Å². The molecule has 0 aliphatic carbocycles. The Bertz CT molecular complexity index is 911. The molecular formula is C32H48O6Si2. The van der Waals surface area contributed by atoms with E-state index >= 15 is 0 Å². The summed E-state index contributed by atoms with van der Waals surface area (Å²) in [7, 11) is -3.28. The van der Waals surface area contributed by atoms with Gasteiger partial charge in [0.05, 0.1) is 0 Å². The van der Waals surface area contributed by atoms with Gasteiger partial charge in [0.25, 0.3) is 6.48 Å². The van der Waals surface area contributed by atoms with Gasteiger partial charge in [-0.1, -0.05) is 48.9 Å². The molecule has 6 nitrogen and oxygen atoms in total. The van der Waals surface area contributed by atoms with Crippen molar-refractivity contribution < 1.29 is 27.2 Å². The van der Waals surface area contributed by atoms with Gasteiger partial charge in [-0.15, -0.1) is 32.1 Å². The Morgan fingerprint density at radius 1 is 0.550 bits per heavy atom.